The van der Waals surface area contributed by atoms with Gasteiger partial charge in [-0.1, -0.05) is 30.3 Å². The lowest BCUT2D eigenvalue weighted by Crippen LogP contribution is -2.27. The van der Waals surface area contributed by atoms with E-state index in [-0.39, 0.29) is 5.78 Å². The van der Waals surface area contributed by atoms with Crippen molar-refractivity contribution in [2.75, 3.05) is 0 Å². The minimum Gasteiger partial charge on any atom is -0.289 e. The molecule has 0 unspecified atom stereocenters. The van der Waals surface area contributed by atoms with Crippen molar-refractivity contribution in [3.63, 3.8) is 0 Å². The Morgan fingerprint density at radius 2 is 1.60 bits per heavy atom. The summed E-state index contributed by atoms with van der Waals surface area (Å²) in [5, 5.41) is 0. The summed E-state index contributed by atoms with van der Waals surface area (Å²) in [6.07, 6.45) is 5.94. The minimum absolute atomic E-state index is 0.0511. The molecule has 0 bridgehead atoms. The van der Waals surface area contributed by atoms with Crippen LogP contribution in [-0.4, -0.2) is 10.4 Å². The second-order valence-electron chi connectivity index (χ2n) is 4.73. The lowest BCUT2D eigenvalue weighted by atomic mass is 10.0. The Labute approximate surface area is 117 Å². The Bertz CT molecular complexity index is 727. The summed E-state index contributed by atoms with van der Waals surface area (Å²) in [6.45, 7) is 0. The predicted octanol–water partition coefficient (Wildman–Crippen LogP) is 2.53. The maximum Gasteiger partial charge on any atom is 0.248 e. The molecule has 3 heteroatoms. The van der Waals surface area contributed by atoms with Crippen LogP contribution in [0, 0.1) is 0 Å². The SMILES string of the molecule is Cn1cc[n+](-c2ccc(C(=O)c3ccccc3)cc2)c1. The van der Waals surface area contributed by atoms with Crippen LogP contribution < -0.4 is 4.57 Å². The number of benzene rings is 2. The van der Waals surface area contributed by atoms with Crippen molar-refractivity contribution in [1.82, 2.24) is 4.57 Å². The zero-order chi connectivity index (χ0) is 13.9. The molecule has 0 radical (unpaired) electrons. The lowest BCUT2D eigenvalue weighted by molar-refractivity contribution is -0.595. The number of nitrogens with zero attached hydrogens (tertiary/aromatic N) is 2. The number of hydrogen-bond donors (Lipinski definition) is 0. The second-order valence-corrected chi connectivity index (χ2v) is 4.73. The molecule has 0 spiro atoms. The highest BCUT2D eigenvalue weighted by molar-refractivity contribution is 6.08. The van der Waals surface area contributed by atoms with Gasteiger partial charge in [0.2, 0.25) is 6.33 Å². The Hall–Kier alpha value is -2.68. The second kappa shape index (κ2) is 5.13. The van der Waals surface area contributed by atoms with Gasteiger partial charge in [0, 0.05) is 11.1 Å². The lowest BCUT2D eigenvalue weighted by Gasteiger charge is -2.01. The number of hydrogen-bond acceptors (Lipinski definition) is 1. The first kappa shape index (κ1) is 12.4. The molecular formula is C17H15N2O+. The topological polar surface area (TPSA) is 25.9 Å². The summed E-state index contributed by atoms with van der Waals surface area (Å²) in [4.78, 5) is 12.3. The summed E-state index contributed by atoms with van der Waals surface area (Å²) >= 11 is 0. The summed E-state index contributed by atoms with van der Waals surface area (Å²) < 4.78 is 3.99. The number of ketones is 1. The molecule has 0 saturated carbocycles. The zero-order valence-corrected chi connectivity index (χ0v) is 11.2. The summed E-state index contributed by atoms with van der Waals surface area (Å²) in [5.74, 6) is 0.0511. The van der Waals surface area contributed by atoms with Gasteiger partial charge in [-0.25, -0.2) is 9.13 Å². The van der Waals surface area contributed by atoms with Crippen molar-refractivity contribution < 1.29 is 9.36 Å². The highest BCUT2D eigenvalue weighted by Crippen LogP contribution is 2.11. The number of rotatable bonds is 3. The number of imidazole rings is 1. The fraction of sp³-hybridized carbons (Fsp3) is 0.0588. The van der Waals surface area contributed by atoms with Gasteiger partial charge in [0.25, 0.3) is 0 Å². The van der Waals surface area contributed by atoms with Crippen LogP contribution in [0.15, 0.2) is 73.3 Å². The molecule has 0 amide bonds. The van der Waals surface area contributed by atoms with E-state index >= 15 is 0 Å². The van der Waals surface area contributed by atoms with Gasteiger partial charge < -0.3 is 0 Å². The quantitative estimate of drug-likeness (QED) is 0.527. The van der Waals surface area contributed by atoms with E-state index in [1.165, 1.54) is 0 Å². The number of aryl methyl sites for hydroxylation is 1. The Morgan fingerprint density at radius 1 is 0.950 bits per heavy atom. The van der Waals surface area contributed by atoms with E-state index in [0.29, 0.717) is 11.1 Å². The molecule has 0 aliphatic heterocycles. The summed E-state index contributed by atoms with van der Waals surface area (Å²) in [5.41, 5.74) is 2.46. The highest BCUT2D eigenvalue weighted by Gasteiger charge is 2.10. The molecule has 3 rings (SSSR count). The van der Waals surface area contributed by atoms with Crippen molar-refractivity contribution in [3.05, 3.63) is 84.4 Å². The molecule has 3 aromatic rings. The van der Waals surface area contributed by atoms with E-state index in [1.807, 2.05) is 89.5 Å². The van der Waals surface area contributed by atoms with Crippen molar-refractivity contribution >= 4 is 5.78 Å². The minimum atomic E-state index is 0.0511. The van der Waals surface area contributed by atoms with Crippen LogP contribution in [0.3, 0.4) is 0 Å². The fourth-order valence-corrected chi connectivity index (χ4v) is 2.14. The van der Waals surface area contributed by atoms with Crippen LogP contribution in [0.5, 0.6) is 0 Å². The standard InChI is InChI=1S/C17H15N2O/c1-18-11-12-19(13-18)16-9-7-15(8-10-16)17(20)14-5-3-2-4-6-14/h2-13H,1H3/q+1. The smallest absolute Gasteiger partial charge is 0.248 e. The van der Waals surface area contributed by atoms with Crippen LogP contribution in [0.4, 0.5) is 0 Å². The van der Waals surface area contributed by atoms with E-state index in [2.05, 4.69) is 0 Å². The predicted molar refractivity (Wildman–Crippen MR) is 76.8 cm³/mol. The van der Waals surface area contributed by atoms with Crippen molar-refractivity contribution in [1.29, 1.82) is 0 Å². The van der Waals surface area contributed by atoms with Crippen molar-refractivity contribution in [2.24, 2.45) is 7.05 Å². The normalized spacial score (nSPS) is 10.4. The van der Waals surface area contributed by atoms with E-state index in [4.69, 9.17) is 0 Å². The average Bonchev–Trinajstić information content (AvgIpc) is 2.94. The van der Waals surface area contributed by atoms with Gasteiger partial charge in [-0.3, -0.25) is 4.79 Å². The molecular weight excluding hydrogens is 248 g/mol. The van der Waals surface area contributed by atoms with Crippen LogP contribution in [0.25, 0.3) is 5.69 Å². The van der Waals surface area contributed by atoms with Gasteiger partial charge in [-0.2, -0.15) is 0 Å². The Balaban J connectivity index is 1.88. The Kier molecular flexibility index (Phi) is 3.17. The van der Waals surface area contributed by atoms with Gasteiger partial charge >= 0.3 is 0 Å². The first-order valence-electron chi connectivity index (χ1n) is 6.47. The molecule has 0 aliphatic carbocycles. The highest BCUT2D eigenvalue weighted by atomic mass is 16.1. The van der Waals surface area contributed by atoms with E-state index < -0.39 is 0 Å². The summed E-state index contributed by atoms with van der Waals surface area (Å²) in [6, 6.07) is 17.0. The van der Waals surface area contributed by atoms with Crippen LogP contribution in [0.2, 0.25) is 0 Å². The van der Waals surface area contributed by atoms with Gasteiger partial charge in [-0.05, 0) is 24.3 Å². The third-order valence-corrected chi connectivity index (χ3v) is 3.23. The van der Waals surface area contributed by atoms with Gasteiger partial charge in [-0.15, -0.1) is 0 Å². The first-order chi connectivity index (χ1) is 9.74. The third kappa shape index (κ3) is 2.38. The number of aromatic nitrogens is 2. The van der Waals surface area contributed by atoms with Crippen molar-refractivity contribution in [2.45, 2.75) is 0 Å². The Morgan fingerprint density at radius 3 is 2.20 bits per heavy atom. The maximum atomic E-state index is 12.3. The van der Waals surface area contributed by atoms with E-state index in [1.54, 1.807) is 0 Å². The summed E-state index contributed by atoms with van der Waals surface area (Å²) in [7, 11) is 1.98. The molecule has 1 aromatic heterocycles. The molecule has 98 valence electrons. The molecule has 3 nitrogen and oxygen atoms in total. The van der Waals surface area contributed by atoms with E-state index in [9.17, 15) is 4.79 Å². The maximum absolute atomic E-state index is 12.3. The molecule has 2 aromatic carbocycles. The van der Waals surface area contributed by atoms with Gasteiger partial charge in [0.1, 0.15) is 18.1 Å². The number of carbonyl (C=O) groups excluding carboxylic acids is 1. The monoisotopic (exact) mass is 263 g/mol. The third-order valence-electron chi connectivity index (χ3n) is 3.23. The molecule has 0 N–H and O–H groups in total. The fourth-order valence-electron chi connectivity index (χ4n) is 2.14. The molecule has 0 aliphatic rings. The largest absolute Gasteiger partial charge is 0.289 e. The molecule has 0 fully saturated rings. The van der Waals surface area contributed by atoms with E-state index in [0.717, 1.165) is 5.69 Å². The molecule has 0 saturated heterocycles. The van der Waals surface area contributed by atoms with Crippen LogP contribution in [-0.2, 0) is 7.05 Å². The molecule has 20 heavy (non-hydrogen) atoms. The first-order valence-corrected chi connectivity index (χ1v) is 6.47. The van der Waals surface area contributed by atoms with Crippen LogP contribution >= 0.6 is 0 Å². The van der Waals surface area contributed by atoms with Crippen LogP contribution in [0.1, 0.15) is 15.9 Å². The van der Waals surface area contributed by atoms with Gasteiger partial charge in [0.05, 0.1) is 7.05 Å². The number of carbonyl (C=O) groups is 1. The van der Waals surface area contributed by atoms with Crippen molar-refractivity contribution in [3.8, 4) is 5.69 Å². The molecule has 1 heterocycles. The zero-order valence-electron chi connectivity index (χ0n) is 11.2. The van der Waals surface area contributed by atoms with Gasteiger partial charge in [0.15, 0.2) is 5.78 Å². The molecule has 0 atom stereocenters. The average molecular weight is 263 g/mol.